The zero-order valence-corrected chi connectivity index (χ0v) is 14.1. The molecule has 3 unspecified atom stereocenters. The summed E-state index contributed by atoms with van der Waals surface area (Å²) < 4.78 is 6.30. The van der Waals surface area contributed by atoms with Gasteiger partial charge in [-0.05, 0) is 48.8 Å². The van der Waals surface area contributed by atoms with Gasteiger partial charge in [-0.3, -0.25) is 0 Å². The van der Waals surface area contributed by atoms with E-state index in [1.54, 1.807) is 0 Å². The predicted molar refractivity (Wildman–Crippen MR) is 89.1 cm³/mol. The summed E-state index contributed by atoms with van der Waals surface area (Å²) in [5, 5.41) is 3.18. The molecule has 2 nitrogen and oxygen atoms in total. The second-order valence-corrected chi connectivity index (χ2v) is 7.02. The molecule has 1 saturated carbocycles. The Morgan fingerprint density at radius 3 is 2.43 bits per heavy atom. The minimum absolute atomic E-state index is 0.436. The van der Waals surface area contributed by atoms with Crippen LogP contribution in [0.1, 0.15) is 51.2 Å². The molecule has 0 aliphatic heterocycles. The number of benzene rings is 1. The van der Waals surface area contributed by atoms with E-state index in [1.165, 1.54) is 30.4 Å². The number of hydrogen-bond acceptors (Lipinski definition) is 2. The smallest absolute Gasteiger partial charge is 0.0720 e. The van der Waals surface area contributed by atoms with E-state index in [9.17, 15) is 0 Å². The SMILES string of the molecule is CNCc1ccc(COC2CC(C)CCC2C(C)C)cc1. The molecule has 0 bridgehead atoms. The Bertz CT molecular complexity index is 412. The van der Waals surface area contributed by atoms with Crippen molar-refractivity contribution < 1.29 is 4.74 Å². The maximum Gasteiger partial charge on any atom is 0.0720 e. The highest BCUT2D eigenvalue weighted by atomic mass is 16.5. The van der Waals surface area contributed by atoms with Crippen molar-refractivity contribution in [2.45, 2.75) is 59.3 Å². The largest absolute Gasteiger partial charge is 0.373 e. The van der Waals surface area contributed by atoms with Crippen LogP contribution in [0, 0.1) is 17.8 Å². The Labute approximate surface area is 130 Å². The molecule has 0 aromatic heterocycles. The fourth-order valence-corrected chi connectivity index (χ4v) is 3.47. The lowest BCUT2D eigenvalue weighted by Gasteiger charge is -2.37. The van der Waals surface area contributed by atoms with Crippen molar-refractivity contribution in [1.82, 2.24) is 5.32 Å². The van der Waals surface area contributed by atoms with Crippen molar-refractivity contribution in [3.63, 3.8) is 0 Å². The lowest BCUT2D eigenvalue weighted by molar-refractivity contribution is -0.0472. The highest BCUT2D eigenvalue weighted by Gasteiger charge is 2.31. The van der Waals surface area contributed by atoms with Crippen molar-refractivity contribution in [3.8, 4) is 0 Å². The molecular formula is C19H31NO. The summed E-state index contributed by atoms with van der Waals surface area (Å²) in [5.74, 6) is 2.26. The van der Waals surface area contributed by atoms with Gasteiger partial charge in [-0.15, -0.1) is 0 Å². The molecule has 1 aliphatic carbocycles. The summed E-state index contributed by atoms with van der Waals surface area (Å²) >= 11 is 0. The Morgan fingerprint density at radius 2 is 1.81 bits per heavy atom. The molecule has 118 valence electrons. The van der Waals surface area contributed by atoms with Gasteiger partial charge >= 0.3 is 0 Å². The highest BCUT2D eigenvalue weighted by Crippen LogP contribution is 2.35. The summed E-state index contributed by atoms with van der Waals surface area (Å²) in [6.45, 7) is 8.71. The fraction of sp³-hybridized carbons (Fsp3) is 0.684. The van der Waals surface area contributed by atoms with Crippen LogP contribution >= 0.6 is 0 Å². The molecule has 1 aromatic carbocycles. The summed E-state index contributed by atoms with van der Waals surface area (Å²) in [6, 6.07) is 8.78. The predicted octanol–water partition coefficient (Wildman–Crippen LogP) is 4.38. The van der Waals surface area contributed by atoms with Gasteiger partial charge < -0.3 is 10.1 Å². The summed E-state index contributed by atoms with van der Waals surface area (Å²) in [6.07, 6.45) is 4.35. The van der Waals surface area contributed by atoms with Crippen LogP contribution in [0.5, 0.6) is 0 Å². The Hall–Kier alpha value is -0.860. The molecule has 0 heterocycles. The third-order valence-corrected chi connectivity index (χ3v) is 4.83. The Balaban J connectivity index is 1.90. The van der Waals surface area contributed by atoms with Gasteiger partial charge in [-0.1, -0.05) is 51.5 Å². The topological polar surface area (TPSA) is 21.3 Å². The van der Waals surface area contributed by atoms with E-state index in [2.05, 4.69) is 50.4 Å². The zero-order valence-electron chi connectivity index (χ0n) is 14.1. The lowest BCUT2D eigenvalue weighted by Crippen LogP contribution is -2.34. The summed E-state index contributed by atoms with van der Waals surface area (Å²) in [7, 11) is 1.98. The monoisotopic (exact) mass is 289 g/mol. The average molecular weight is 289 g/mol. The highest BCUT2D eigenvalue weighted by molar-refractivity contribution is 5.21. The van der Waals surface area contributed by atoms with Gasteiger partial charge in [0.15, 0.2) is 0 Å². The van der Waals surface area contributed by atoms with E-state index < -0.39 is 0 Å². The first-order valence-corrected chi connectivity index (χ1v) is 8.44. The minimum atomic E-state index is 0.436. The molecule has 21 heavy (non-hydrogen) atoms. The number of nitrogens with one attached hydrogen (secondary N) is 1. The molecule has 2 heteroatoms. The molecule has 0 amide bonds. The van der Waals surface area contributed by atoms with Gasteiger partial charge in [0.1, 0.15) is 0 Å². The zero-order chi connectivity index (χ0) is 15.2. The second kappa shape index (κ2) is 7.95. The van der Waals surface area contributed by atoms with Crippen molar-refractivity contribution in [1.29, 1.82) is 0 Å². The molecule has 1 aromatic rings. The van der Waals surface area contributed by atoms with Gasteiger partial charge in [0.05, 0.1) is 12.7 Å². The van der Waals surface area contributed by atoms with Gasteiger partial charge in [0.25, 0.3) is 0 Å². The Morgan fingerprint density at radius 1 is 1.14 bits per heavy atom. The van der Waals surface area contributed by atoms with Crippen LogP contribution in [0.4, 0.5) is 0 Å². The molecule has 1 fully saturated rings. The van der Waals surface area contributed by atoms with Crippen LogP contribution in [0.3, 0.4) is 0 Å². The van der Waals surface area contributed by atoms with Crippen molar-refractivity contribution in [2.75, 3.05) is 7.05 Å². The molecule has 1 N–H and O–H groups in total. The van der Waals surface area contributed by atoms with E-state index in [0.717, 1.165) is 30.9 Å². The van der Waals surface area contributed by atoms with Crippen LogP contribution in [0.25, 0.3) is 0 Å². The quantitative estimate of drug-likeness (QED) is 0.839. The second-order valence-electron chi connectivity index (χ2n) is 7.02. The summed E-state index contributed by atoms with van der Waals surface area (Å²) in [5.41, 5.74) is 2.61. The van der Waals surface area contributed by atoms with Gasteiger partial charge in [0.2, 0.25) is 0 Å². The molecule has 1 aliphatic rings. The van der Waals surface area contributed by atoms with Gasteiger partial charge in [0, 0.05) is 6.54 Å². The van der Waals surface area contributed by atoms with Crippen LogP contribution in [-0.2, 0) is 17.9 Å². The molecule has 2 rings (SSSR count). The third-order valence-electron chi connectivity index (χ3n) is 4.83. The molecule has 0 spiro atoms. The van der Waals surface area contributed by atoms with E-state index in [0.29, 0.717) is 6.10 Å². The molecule has 0 saturated heterocycles. The van der Waals surface area contributed by atoms with Gasteiger partial charge in [-0.2, -0.15) is 0 Å². The third kappa shape index (κ3) is 4.82. The van der Waals surface area contributed by atoms with E-state index in [1.807, 2.05) is 7.05 Å². The number of rotatable bonds is 6. The van der Waals surface area contributed by atoms with Crippen LogP contribution in [0.2, 0.25) is 0 Å². The minimum Gasteiger partial charge on any atom is -0.373 e. The maximum atomic E-state index is 6.30. The molecular weight excluding hydrogens is 258 g/mol. The normalized spacial score (nSPS) is 26.2. The van der Waals surface area contributed by atoms with Crippen LogP contribution < -0.4 is 5.32 Å². The van der Waals surface area contributed by atoms with Crippen molar-refractivity contribution in [3.05, 3.63) is 35.4 Å². The first-order chi connectivity index (χ1) is 10.1. The number of hydrogen-bond donors (Lipinski definition) is 1. The maximum absolute atomic E-state index is 6.30. The van der Waals surface area contributed by atoms with Crippen LogP contribution in [0.15, 0.2) is 24.3 Å². The van der Waals surface area contributed by atoms with E-state index in [4.69, 9.17) is 4.74 Å². The number of ether oxygens (including phenoxy) is 1. The van der Waals surface area contributed by atoms with Crippen LogP contribution in [-0.4, -0.2) is 13.2 Å². The van der Waals surface area contributed by atoms with Gasteiger partial charge in [-0.25, -0.2) is 0 Å². The molecule has 0 radical (unpaired) electrons. The Kier molecular flexibility index (Phi) is 6.25. The first kappa shape index (κ1) is 16.5. The average Bonchev–Trinajstić information content (AvgIpc) is 2.46. The standard InChI is InChI=1S/C19H31NO/c1-14(2)18-10-5-15(3)11-19(18)21-13-17-8-6-16(7-9-17)12-20-4/h6-9,14-15,18-20H,5,10-13H2,1-4H3. The summed E-state index contributed by atoms with van der Waals surface area (Å²) in [4.78, 5) is 0. The van der Waals surface area contributed by atoms with Crippen molar-refractivity contribution >= 4 is 0 Å². The first-order valence-electron chi connectivity index (χ1n) is 8.44. The fourth-order valence-electron chi connectivity index (χ4n) is 3.47. The molecule has 3 atom stereocenters. The lowest BCUT2D eigenvalue weighted by atomic mass is 9.75. The van der Waals surface area contributed by atoms with Crippen molar-refractivity contribution in [2.24, 2.45) is 17.8 Å². The van der Waals surface area contributed by atoms with E-state index in [-0.39, 0.29) is 0 Å². The van der Waals surface area contributed by atoms with E-state index >= 15 is 0 Å².